The lowest BCUT2D eigenvalue weighted by atomic mass is 10.2. The molecule has 6 atom stereocenters. The highest BCUT2D eigenvalue weighted by Gasteiger charge is 2.54. The second-order valence-corrected chi connectivity index (χ2v) is 5.92. The maximum Gasteiger partial charge on any atom is 0.244 e. The first kappa shape index (κ1) is 13.2. The van der Waals surface area contributed by atoms with E-state index >= 15 is 0 Å². The highest BCUT2D eigenvalue weighted by molar-refractivity contribution is 7.98. The van der Waals surface area contributed by atoms with Gasteiger partial charge in [-0.05, 0) is 0 Å². The zero-order chi connectivity index (χ0) is 11.6. The molecule has 0 saturated carbocycles. The molecule has 0 spiro atoms. The molecule has 1 heterocycles. The van der Waals surface area contributed by atoms with E-state index in [9.17, 15) is 20.4 Å². The van der Waals surface area contributed by atoms with Crippen molar-refractivity contribution in [3.8, 4) is 0 Å². The highest BCUT2D eigenvalue weighted by Crippen LogP contribution is 2.27. The number of aliphatic hydroxyl groups excluding tert-OH is 6. The second-order valence-electron chi connectivity index (χ2n) is 3.56. The smallest absolute Gasteiger partial charge is 0.244 e. The predicted octanol–water partition coefficient (Wildman–Crippen LogP) is -3.63. The van der Waals surface area contributed by atoms with Crippen molar-refractivity contribution in [3.05, 3.63) is 0 Å². The van der Waals surface area contributed by atoms with E-state index in [1.54, 1.807) is 0 Å². The van der Waals surface area contributed by atoms with Crippen molar-refractivity contribution in [1.29, 1.82) is 0 Å². The number of rotatable bonds is 4. The molecule has 0 radical (unpaired) electrons. The standard InChI is InChI=1S/C8H17O6S/c9-1-4(11)8(14)15-3-5(12)7(13)6(15)2-10/h4-14H,1-3H2/q+1/t4-,5+,6+,7-,8-,15?/m0/s1. The Morgan fingerprint density at radius 1 is 1.20 bits per heavy atom. The Morgan fingerprint density at radius 2 is 1.80 bits per heavy atom. The number of hydrogen-bond acceptors (Lipinski definition) is 6. The number of hydrogen-bond donors (Lipinski definition) is 6. The Hall–Kier alpha value is 0.110. The van der Waals surface area contributed by atoms with Gasteiger partial charge in [-0.1, -0.05) is 0 Å². The summed E-state index contributed by atoms with van der Waals surface area (Å²) in [5.41, 5.74) is -1.22. The van der Waals surface area contributed by atoms with E-state index in [0.29, 0.717) is 0 Å². The highest BCUT2D eigenvalue weighted by atomic mass is 32.2. The largest absolute Gasteiger partial charge is 0.393 e. The fraction of sp³-hybridized carbons (Fsp3) is 1.00. The van der Waals surface area contributed by atoms with Gasteiger partial charge in [-0.15, -0.1) is 0 Å². The topological polar surface area (TPSA) is 121 Å². The van der Waals surface area contributed by atoms with Gasteiger partial charge < -0.3 is 30.6 Å². The fourth-order valence-corrected chi connectivity index (χ4v) is 4.23. The van der Waals surface area contributed by atoms with Gasteiger partial charge in [-0.25, -0.2) is 0 Å². The molecule has 90 valence electrons. The summed E-state index contributed by atoms with van der Waals surface area (Å²) in [7, 11) is -0.904. The molecule has 0 aromatic carbocycles. The molecule has 7 heteroatoms. The van der Waals surface area contributed by atoms with Gasteiger partial charge in [0.25, 0.3) is 0 Å². The molecule has 1 rings (SSSR count). The Bertz CT molecular complexity index is 204. The van der Waals surface area contributed by atoms with Crippen molar-refractivity contribution in [2.45, 2.75) is 29.0 Å². The minimum atomic E-state index is -1.31. The first-order valence-corrected chi connectivity index (χ1v) is 6.17. The van der Waals surface area contributed by atoms with E-state index in [2.05, 4.69) is 0 Å². The summed E-state index contributed by atoms with van der Waals surface area (Å²) in [4.78, 5) is 0. The van der Waals surface area contributed by atoms with E-state index in [-0.39, 0.29) is 12.4 Å². The average molecular weight is 241 g/mol. The summed E-state index contributed by atoms with van der Waals surface area (Å²) < 4.78 is 0. The average Bonchev–Trinajstić information content (AvgIpc) is 2.53. The van der Waals surface area contributed by atoms with Crippen LogP contribution in [0.2, 0.25) is 0 Å². The molecule has 0 aromatic rings. The van der Waals surface area contributed by atoms with Crippen LogP contribution in [0.3, 0.4) is 0 Å². The van der Waals surface area contributed by atoms with E-state index in [1.807, 2.05) is 0 Å². The van der Waals surface area contributed by atoms with Crippen LogP contribution in [-0.2, 0) is 10.9 Å². The van der Waals surface area contributed by atoms with Crippen molar-refractivity contribution < 1.29 is 30.6 Å². The molecule has 1 unspecified atom stereocenters. The lowest BCUT2D eigenvalue weighted by Crippen LogP contribution is -2.44. The van der Waals surface area contributed by atoms with Crippen LogP contribution in [0.25, 0.3) is 0 Å². The molecule has 6 nitrogen and oxygen atoms in total. The first-order chi connectivity index (χ1) is 7.02. The van der Waals surface area contributed by atoms with Gasteiger partial charge in [0.15, 0.2) is 5.25 Å². The van der Waals surface area contributed by atoms with Crippen LogP contribution in [0.15, 0.2) is 0 Å². The number of aliphatic hydroxyl groups is 6. The van der Waals surface area contributed by atoms with Crippen LogP contribution in [-0.4, -0.2) is 78.6 Å². The van der Waals surface area contributed by atoms with Crippen molar-refractivity contribution in [2.24, 2.45) is 0 Å². The van der Waals surface area contributed by atoms with Gasteiger partial charge in [0.1, 0.15) is 24.1 Å². The summed E-state index contributed by atoms with van der Waals surface area (Å²) in [6.45, 7) is -0.953. The van der Waals surface area contributed by atoms with Crippen LogP contribution in [0.1, 0.15) is 0 Å². The van der Waals surface area contributed by atoms with Crippen molar-refractivity contribution in [2.75, 3.05) is 19.0 Å². The summed E-state index contributed by atoms with van der Waals surface area (Å²) in [6.07, 6.45) is -3.38. The van der Waals surface area contributed by atoms with Crippen molar-refractivity contribution in [1.82, 2.24) is 0 Å². The summed E-state index contributed by atoms with van der Waals surface area (Å²) in [5, 5.41) is 54.7. The third-order valence-corrected chi connectivity index (χ3v) is 5.40. The van der Waals surface area contributed by atoms with E-state index in [1.165, 1.54) is 0 Å². The fourth-order valence-electron chi connectivity index (χ4n) is 1.62. The molecule has 0 aromatic heterocycles. The molecular weight excluding hydrogens is 224 g/mol. The SMILES string of the molecule is OC[C@@H]1[C@@H](O)[C@H](O)C[S+]1[C@H](O)[C@@H](O)CO. The van der Waals surface area contributed by atoms with Crippen LogP contribution in [0, 0.1) is 0 Å². The molecule has 1 aliphatic heterocycles. The van der Waals surface area contributed by atoms with Crippen LogP contribution >= 0.6 is 0 Å². The Morgan fingerprint density at radius 3 is 2.27 bits per heavy atom. The van der Waals surface area contributed by atoms with Gasteiger partial charge in [0.2, 0.25) is 5.44 Å². The second kappa shape index (κ2) is 5.44. The lowest BCUT2D eigenvalue weighted by Gasteiger charge is -2.18. The zero-order valence-electron chi connectivity index (χ0n) is 8.10. The van der Waals surface area contributed by atoms with Gasteiger partial charge in [-0.3, -0.25) is 0 Å². The van der Waals surface area contributed by atoms with E-state index in [0.717, 1.165) is 0 Å². The minimum Gasteiger partial charge on any atom is -0.393 e. The van der Waals surface area contributed by atoms with Crippen LogP contribution < -0.4 is 0 Å². The summed E-state index contributed by atoms with van der Waals surface area (Å²) in [6, 6.07) is 0. The van der Waals surface area contributed by atoms with Gasteiger partial charge in [-0.2, -0.15) is 0 Å². The molecule has 1 fully saturated rings. The van der Waals surface area contributed by atoms with E-state index < -0.39 is 46.5 Å². The lowest BCUT2D eigenvalue weighted by molar-refractivity contribution is 0.0250. The predicted molar refractivity (Wildman–Crippen MR) is 54.2 cm³/mol. The van der Waals surface area contributed by atoms with Gasteiger partial charge in [0, 0.05) is 10.9 Å². The van der Waals surface area contributed by atoms with Crippen molar-refractivity contribution >= 4 is 10.9 Å². The maximum atomic E-state index is 9.62. The Labute approximate surface area is 90.1 Å². The molecule has 0 bridgehead atoms. The Balaban J connectivity index is 2.68. The van der Waals surface area contributed by atoms with Gasteiger partial charge >= 0.3 is 0 Å². The molecule has 0 amide bonds. The summed E-state index contributed by atoms with van der Waals surface area (Å²) >= 11 is 0. The van der Waals surface area contributed by atoms with Crippen LogP contribution in [0.4, 0.5) is 0 Å². The minimum absolute atomic E-state index is 0.130. The van der Waals surface area contributed by atoms with Gasteiger partial charge in [0.05, 0.1) is 13.2 Å². The molecule has 15 heavy (non-hydrogen) atoms. The third kappa shape index (κ3) is 2.62. The molecular formula is C8H17O6S+. The van der Waals surface area contributed by atoms with E-state index in [4.69, 9.17) is 10.2 Å². The quantitative estimate of drug-likeness (QED) is 0.283. The molecule has 1 aliphatic rings. The monoisotopic (exact) mass is 241 g/mol. The Kier molecular flexibility index (Phi) is 4.78. The van der Waals surface area contributed by atoms with Crippen LogP contribution in [0.5, 0.6) is 0 Å². The first-order valence-electron chi connectivity index (χ1n) is 4.65. The molecule has 0 aliphatic carbocycles. The normalized spacial score (nSPS) is 40.4. The maximum absolute atomic E-state index is 9.62. The third-order valence-electron chi connectivity index (χ3n) is 2.53. The molecule has 6 N–H and O–H groups in total. The molecule has 1 saturated heterocycles. The zero-order valence-corrected chi connectivity index (χ0v) is 8.92. The summed E-state index contributed by atoms with van der Waals surface area (Å²) in [5.74, 6) is 0.130. The van der Waals surface area contributed by atoms with Crippen molar-refractivity contribution in [3.63, 3.8) is 0 Å².